The number of benzene rings is 1. The summed E-state index contributed by atoms with van der Waals surface area (Å²) in [5.74, 6) is 1.91. The number of hydrogen-bond donors (Lipinski definition) is 1. The van der Waals surface area contributed by atoms with Crippen molar-refractivity contribution in [3.63, 3.8) is 0 Å². The molecule has 3 atom stereocenters. The molecule has 2 fully saturated rings. The molecule has 1 saturated heterocycles. The second-order valence-electron chi connectivity index (χ2n) is 7.35. The molecule has 1 aromatic carbocycles. The van der Waals surface area contributed by atoms with E-state index in [-0.39, 0.29) is 23.6 Å². The van der Waals surface area contributed by atoms with Crippen LogP contribution in [0.15, 0.2) is 18.2 Å². The molecule has 1 heterocycles. The quantitative estimate of drug-likeness (QED) is 0.777. The third-order valence-electron chi connectivity index (χ3n) is 6.32. The molecule has 3 aliphatic rings. The number of hydrogen-bond acceptors (Lipinski definition) is 3. The Morgan fingerprint density at radius 1 is 1.29 bits per heavy atom. The van der Waals surface area contributed by atoms with Crippen LogP contribution in [-0.2, 0) is 11.8 Å². The first kappa shape index (κ1) is 19.7. The Labute approximate surface area is 157 Å². The molecule has 0 unspecified atom stereocenters. The van der Waals surface area contributed by atoms with Gasteiger partial charge in [-0.05, 0) is 75.4 Å². The van der Waals surface area contributed by atoms with E-state index in [0.717, 1.165) is 17.7 Å². The molecule has 24 heavy (non-hydrogen) atoms. The molecule has 0 amide bonds. The van der Waals surface area contributed by atoms with Crippen molar-refractivity contribution in [3.05, 3.63) is 29.3 Å². The molecule has 4 rings (SSSR count). The normalized spacial score (nSPS) is 30.8. The van der Waals surface area contributed by atoms with Gasteiger partial charge in [-0.25, -0.2) is 0 Å². The molecule has 1 aliphatic heterocycles. The first-order valence-electron chi connectivity index (χ1n) is 9.14. The summed E-state index contributed by atoms with van der Waals surface area (Å²) in [6.45, 7) is 3.19. The van der Waals surface area contributed by atoms with Crippen LogP contribution in [0.3, 0.4) is 0 Å². The van der Waals surface area contributed by atoms with Gasteiger partial charge in [0, 0.05) is 18.1 Å². The predicted octanol–water partition coefficient (Wildman–Crippen LogP) is 3.96. The first-order chi connectivity index (χ1) is 11.2. The van der Waals surface area contributed by atoms with Crippen molar-refractivity contribution >= 4 is 17.0 Å². The number of ether oxygens (including phenoxy) is 1. The minimum absolute atomic E-state index is 0. The number of likely N-dealkylation sites (N-methyl/N-ethyl adjacent to an activating group) is 1. The van der Waals surface area contributed by atoms with Crippen molar-refractivity contribution in [2.24, 2.45) is 5.92 Å². The van der Waals surface area contributed by atoms with Crippen molar-refractivity contribution in [2.45, 2.75) is 56.9 Å². The fourth-order valence-corrected chi connectivity index (χ4v) is 5.30. The summed E-state index contributed by atoms with van der Waals surface area (Å²) >= 11 is 0. The minimum atomic E-state index is 0. The summed E-state index contributed by atoms with van der Waals surface area (Å²) < 4.78 is 5.51. The van der Waals surface area contributed by atoms with Gasteiger partial charge in [-0.2, -0.15) is 0 Å². The molecule has 2 aliphatic carbocycles. The fourth-order valence-electron chi connectivity index (χ4n) is 5.30. The number of fused-ring (bicyclic) bond motifs is 1. The van der Waals surface area contributed by atoms with E-state index in [1.807, 2.05) is 0 Å². The Bertz CT molecular complexity index is 550. The van der Waals surface area contributed by atoms with Gasteiger partial charge in [0.05, 0.1) is 7.11 Å². The van der Waals surface area contributed by atoms with E-state index in [1.54, 1.807) is 25.2 Å². The van der Waals surface area contributed by atoms with Crippen LogP contribution in [0.5, 0.6) is 5.75 Å². The lowest BCUT2D eigenvalue weighted by atomic mass is 9.52. The minimum Gasteiger partial charge on any atom is -0.497 e. The number of piperidine rings is 1. The van der Waals surface area contributed by atoms with Crippen molar-refractivity contribution in [2.75, 3.05) is 27.3 Å². The van der Waals surface area contributed by atoms with Crippen LogP contribution in [0.4, 0.5) is 0 Å². The van der Waals surface area contributed by atoms with Crippen molar-refractivity contribution < 1.29 is 9.84 Å². The highest BCUT2D eigenvalue weighted by Crippen LogP contribution is 2.55. The summed E-state index contributed by atoms with van der Waals surface area (Å²) in [7, 11) is 4.12. The van der Waals surface area contributed by atoms with Gasteiger partial charge in [-0.15, -0.1) is 17.0 Å². The number of rotatable bonds is 1. The van der Waals surface area contributed by atoms with Crippen molar-refractivity contribution in [1.29, 1.82) is 0 Å². The fraction of sp³-hybridized carbons (Fsp3) is 0.700. The van der Waals surface area contributed by atoms with Crippen molar-refractivity contribution in [3.8, 4) is 5.75 Å². The molecule has 0 spiro atoms. The maximum Gasteiger partial charge on any atom is 0.119 e. The highest BCUT2D eigenvalue weighted by atomic mass is 79.9. The van der Waals surface area contributed by atoms with Gasteiger partial charge in [0.2, 0.25) is 0 Å². The van der Waals surface area contributed by atoms with Crippen LogP contribution in [0, 0.1) is 5.92 Å². The van der Waals surface area contributed by atoms with E-state index >= 15 is 0 Å². The molecule has 1 saturated carbocycles. The molecule has 136 valence electrons. The molecule has 2 bridgehead atoms. The summed E-state index contributed by atoms with van der Waals surface area (Å²) in [5, 5.41) is 7.57. The van der Waals surface area contributed by atoms with Crippen LogP contribution in [0.1, 0.15) is 50.2 Å². The van der Waals surface area contributed by atoms with Gasteiger partial charge in [0.15, 0.2) is 0 Å². The average Bonchev–Trinajstić information content (AvgIpc) is 2.58. The molecule has 1 aromatic rings. The predicted molar refractivity (Wildman–Crippen MR) is 104 cm³/mol. The van der Waals surface area contributed by atoms with E-state index in [4.69, 9.17) is 9.84 Å². The standard InChI is InChI=1S/C18H25NO.C2H6O.BrH/c1-19-10-9-18-8-4-3-5-15(18)17(19)11-13-6-7-14(20-2)12-16(13)18;1-2-3;/h6-7,12,15,17H,3-5,8-11H2,1-2H3;3H,2H2,1H3;1H/t15-,17+,18+;;/m1../s1. The first-order valence-corrected chi connectivity index (χ1v) is 9.14. The van der Waals surface area contributed by atoms with E-state index in [1.165, 1.54) is 45.1 Å². The molecule has 3 nitrogen and oxygen atoms in total. The zero-order valence-electron chi connectivity index (χ0n) is 15.3. The molecule has 4 heteroatoms. The van der Waals surface area contributed by atoms with Crippen molar-refractivity contribution in [1.82, 2.24) is 4.90 Å². The number of likely N-dealkylation sites (tertiary alicyclic amines) is 1. The van der Waals surface area contributed by atoms with E-state index < -0.39 is 0 Å². The monoisotopic (exact) mass is 397 g/mol. The Morgan fingerprint density at radius 3 is 2.75 bits per heavy atom. The van der Waals surface area contributed by atoms with Crippen LogP contribution < -0.4 is 4.74 Å². The van der Waals surface area contributed by atoms with Gasteiger partial charge < -0.3 is 14.7 Å². The SMILES string of the molecule is Br.CCO.COc1ccc2c(c1)[C@]13CCCC[C@@H]1[C@H](C2)N(C)CC3. The van der Waals surface area contributed by atoms with Gasteiger partial charge >= 0.3 is 0 Å². The van der Waals surface area contributed by atoms with Crippen LogP contribution in [-0.4, -0.2) is 43.4 Å². The van der Waals surface area contributed by atoms with Gasteiger partial charge in [0.25, 0.3) is 0 Å². The summed E-state index contributed by atoms with van der Waals surface area (Å²) in [4.78, 5) is 2.63. The number of aliphatic hydroxyl groups excluding tert-OH is 1. The van der Waals surface area contributed by atoms with E-state index in [0.29, 0.717) is 5.41 Å². The third kappa shape index (κ3) is 3.25. The van der Waals surface area contributed by atoms with Gasteiger partial charge in [-0.3, -0.25) is 0 Å². The van der Waals surface area contributed by atoms with Crippen LogP contribution >= 0.6 is 17.0 Å². The maximum absolute atomic E-state index is 7.57. The summed E-state index contributed by atoms with van der Waals surface area (Å²) in [5.41, 5.74) is 3.67. The van der Waals surface area contributed by atoms with Crippen LogP contribution in [0.25, 0.3) is 0 Å². The number of halogens is 1. The molecular formula is C20H32BrNO2. The molecule has 0 radical (unpaired) electrons. The zero-order chi connectivity index (χ0) is 16.4. The number of methoxy groups -OCH3 is 1. The maximum atomic E-state index is 7.57. The Morgan fingerprint density at radius 2 is 2.04 bits per heavy atom. The van der Waals surface area contributed by atoms with Gasteiger partial charge in [-0.1, -0.05) is 18.9 Å². The third-order valence-corrected chi connectivity index (χ3v) is 6.32. The summed E-state index contributed by atoms with van der Waals surface area (Å²) in [6, 6.07) is 7.60. The largest absolute Gasteiger partial charge is 0.497 e. The van der Waals surface area contributed by atoms with E-state index in [9.17, 15) is 0 Å². The Kier molecular flexibility index (Phi) is 6.74. The number of aliphatic hydroxyl groups is 1. The van der Waals surface area contributed by atoms with Crippen LogP contribution in [0.2, 0.25) is 0 Å². The average molecular weight is 398 g/mol. The highest BCUT2D eigenvalue weighted by molar-refractivity contribution is 8.93. The lowest BCUT2D eigenvalue weighted by molar-refractivity contribution is 0.00274. The molecular weight excluding hydrogens is 366 g/mol. The Hall–Kier alpha value is -0.580. The lowest BCUT2D eigenvalue weighted by Gasteiger charge is -2.58. The smallest absolute Gasteiger partial charge is 0.119 e. The van der Waals surface area contributed by atoms with Gasteiger partial charge in [0.1, 0.15) is 5.75 Å². The second kappa shape index (κ2) is 8.20. The summed E-state index contributed by atoms with van der Waals surface area (Å²) in [6.07, 6.45) is 8.22. The Balaban J connectivity index is 0.000000487. The van der Waals surface area contributed by atoms with E-state index in [2.05, 4.69) is 30.1 Å². The molecule has 1 N–H and O–H groups in total. The molecule has 0 aromatic heterocycles. The zero-order valence-corrected chi connectivity index (χ0v) is 17.0. The number of nitrogens with zero attached hydrogens (tertiary/aromatic N) is 1. The second-order valence-corrected chi connectivity index (χ2v) is 7.35. The lowest BCUT2D eigenvalue weighted by Crippen LogP contribution is -2.59. The highest BCUT2D eigenvalue weighted by Gasteiger charge is 2.53. The topological polar surface area (TPSA) is 32.7 Å².